The van der Waals surface area contributed by atoms with Crippen molar-refractivity contribution in [3.63, 3.8) is 0 Å². The number of aromatic nitrogens is 2. The van der Waals surface area contributed by atoms with Gasteiger partial charge in [-0.3, -0.25) is 19.5 Å². The summed E-state index contributed by atoms with van der Waals surface area (Å²) >= 11 is 3.39. The first-order valence-electron chi connectivity index (χ1n) is 8.84. The molecule has 0 atom stereocenters. The number of carbonyl (C=O) groups excluding carboxylic acids is 1. The lowest BCUT2D eigenvalue weighted by molar-refractivity contribution is 0.0621. The average Bonchev–Trinajstić information content (AvgIpc) is 2.70. The van der Waals surface area contributed by atoms with E-state index in [9.17, 15) is 9.59 Å². The molecule has 0 aliphatic carbocycles. The van der Waals surface area contributed by atoms with E-state index in [1.54, 1.807) is 23.2 Å². The fourth-order valence-electron chi connectivity index (χ4n) is 3.33. The Bertz CT molecular complexity index is 1020. The molecule has 1 aromatic carbocycles. The van der Waals surface area contributed by atoms with E-state index in [1.165, 1.54) is 0 Å². The van der Waals surface area contributed by atoms with Gasteiger partial charge in [-0.2, -0.15) is 0 Å². The predicted octanol–water partition coefficient (Wildman–Crippen LogP) is 2.64. The van der Waals surface area contributed by atoms with Crippen LogP contribution in [-0.4, -0.2) is 51.9 Å². The number of halogens is 1. The third-order valence-electron chi connectivity index (χ3n) is 4.82. The topological polar surface area (TPSA) is 69.3 Å². The summed E-state index contributed by atoms with van der Waals surface area (Å²) in [4.78, 5) is 36.2. The van der Waals surface area contributed by atoms with Crippen LogP contribution < -0.4 is 5.56 Å². The van der Waals surface area contributed by atoms with E-state index >= 15 is 0 Å². The first kappa shape index (κ1) is 17.9. The van der Waals surface area contributed by atoms with Crippen LogP contribution in [0.2, 0.25) is 0 Å². The van der Waals surface area contributed by atoms with Crippen LogP contribution >= 0.6 is 15.9 Å². The smallest absolute Gasteiger partial charge is 0.270 e. The van der Waals surface area contributed by atoms with E-state index in [0.29, 0.717) is 24.2 Å². The number of hydrogen-bond acceptors (Lipinski definition) is 4. The van der Waals surface area contributed by atoms with Crippen LogP contribution in [0.3, 0.4) is 0 Å². The van der Waals surface area contributed by atoms with E-state index in [0.717, 1.165) is 35.2 Å². The Morgan fingerprint density at radius 3 is 2.63 bits per heavy atom. The van der Waals surface area contributed by atoms with Gasteiger partial charge in [0.05, 0.1) is 5.69 Å². The maximum absolute atomic E-state index is 12.8. The molecule has 138 valence electrons. The summed E-state index contributed by atoms with van der Waals surface area (Å²) in [6.45, 7) is 3.58. The Morgan fingerprint density at radius 1 is 1.11 bits per heavy atom. The third kappa shape index (κ3) is 3.94. The molecule has 0 radical (unpaired) electrons. The fourth-order valence-corrected chi connectivity index (χ4v) is 3.57. The van der Waals surface area contributed by atoms with Crippen LogP contribution in [0.15, 0.2) is 57.9 Å². The molecular formula is C20H19BrN4O2. The summed E-state index contributed by atoms with van der Waals surface area (Å²) < 4.78 is 0.964. The Kier molecular flexibility index (Phi) is 5.05. The predicted molar refractivity (Wildman–Crippen MR) is 108 cm³/mol. The highest BCUT2D eigenvalue weighted by Gasteiger charge is 2.23. The molecule has 1 fully saturated rings. The lowest BCUT2D eigenvalue weighted by Crippen LogP contribution is -2.48. The van der Waals surface area contributed by atoms with Crippen molar-refractivity contribution in [2.45, 2.75) is 6.54 Å². The van der Waals surface area contributed by atoms with Crippen molar-refractivity contribution in [2.75, 3.05) is 26.2 Å². The van der Waals surface area contributed by atoms with Crippen molar-refractivity contribution in [3.05, 3.63) is 74.9 Å². The highest BCUT2D eigenvalue weighted by molar-refractivity contribution is 9.10. The van der Waals surface area contributed by atoms with Crippen molar-refractivity contribution < 1.29 is 4.79 Å². The summed E-state index contributed by atoms with van der Waals surface area (Å²) in [5, 5.41) is 1.38. The number of hydrogen-bond donors (Lipinski definition) is 1. The first-order chi connectivity index (χ1) is 13.1. The number of benzene rings is 1. The van der Waals surface area contributed by atoms with E-state index in [1.807, 2.05) is 30.3 Å². The van der Waals surface area contributed by atoms with E-state index in [-0.39, 0.29) is 11.5 Å². The van der Waals surface area contributed by atoms with Crippen LogP contribution in [0.25, 0.3) is 10.8 Å². The zero-order valence-electron chi connectivity index (χ0n) is 14.7. The van der Waals surface area contributed by atoms with Crippen LogP contribution in [0.1, 0.15) is 16.2 Å². The minimum Gasteiger partial charge on any atom is -0.335 e. The number of nitrogens with one attached hydrogen (secondary N) is 1. The molecule has 0 unspecified atom stereocenters. The van der Waals surface area contributed by atoms with Gasteiger partial charge >= 0.3 is 0 Å². The lowest BCUT2D eigenvalue weighted by Gasteiger charge is -2.34. The zero-order valence-corrected chi connectivity index (χ0v) is 16.3. The Balaban J connectivity index is 1.43. The maximum atomic E-state index is 12.8. The molecule has 27 heavy (non-hydrogen) atoms. The monoisotopic (exact) mass is 426 g/mol. The third-order valence-corrected chi connectivity index (χ3v) is 5.29. The average molecular weight is 427 g/mol. The molecule has 1 N–H and O–H groups in total. The molecular weight excluding hydrogens is 408 g/mol. The largest absolute Gasteiger partial charge is 0.335 e. The van der Waals surface area contributed by atoms with Gasteiger partial charge in [-0.15, -0.1) is 0 Å². The van der Waals surface area contributed by atoms with E-state index < -0.39 is 0 Å². The van der Waals surface area contributed by atoms with Gasteiger partial charge < -0.3 is 9.88 Å². The molecule has 1 aliphatic rings. The van der Waals surface area contributed by atoms with E-state index in [2.05, 4.69) is 30.8 Å². The van der Waals surface area contributed by atoms with Crippen molar-refractivity contribution in [3.8, 4) is 0 Å². The molecule has 2 aromatic heterocycles. The number of nitrogens with zero attached hydrogens (tertiary/aromatic N) is 3. The van der Waals surface area contributed by atoms with Gasteiger partial charge in [0.15, 0.2) is 0 Å². The van der Waals surface area contributed by atoms with Crippen molar-refractivity contribution in [1.29, 1.82) is 0 Å². The van der Waals surface area contributed by atoms with Gasteiger partial charge in [0.2, 0.25) is 0 Å². The molecule has 0 bridgehead atoms. The highest BCUT2D eigenvalue weighted by Crippen LogP contribution is 2.14. The summed E-state index contributed by atoms with van der Waals surface area (Å²) in [6, 6.07) is 13.0. The molecule has 7 heteroatoms. The van der Waals surface area contributed by atoms with Gasteiger partial charge in [-0.25, -0.2) is 0 Å². The number of aromatic amines is 1. The molecule has 0 saturated carbocycles. The second-order valence-electron chi connectivity index (χ2n) is 6.64. The molecule has 1 amide bonds. The van der Waals surface area contributed by atoms with Gasteiger partial charge in [0.1, 0.15) is 5.69 Å². The molecule has 1 aliphatic heterocycles. The van der Waals surface area contributed by atoms with Crippen molar-refractivity contribution in [2.24, 2.45) is 0 Å². The van der Waals surface area contributed by atoms with Gasteiger partial charge in [0.25, 0.3) is 11.5 Å². The standard InChI is InChI=1S/C20H19BrN4O2/c21-15-5-6-16(22-12-15)13-24-7-9-25(10-8-24)20(27)18-11-14-3-1-2-4-17(14)19(26)23-18/h1-6,11-12H,7-10,13H2,(H,23,26). The number of piperazine rings is 1. The number of rotatable bonds is 3. The van der Waals surface area contributed by atoms with Crippen LogP contribution in [0.5, 0.6) is 0 Å². The van der Waals surface area contributed by atoms with Gasteiger partial charge in [0, 0.05) is 48.8 Å². The Morgan fingerprint density at radius 2 is 1.89 bits per heavy atom. The lowest BCUT2D eigenvalue weighted by atomic mass is 10.1. The Hall–Kier alpha value is -2.51. The SMILES string of the molecule is O=C(c1cc2ccccc2c(=O)[nH]1)N1CCN(Cc2ccc(Br)cn2)CC1. The van der Waals surface area contributed by atoms with Crippen molar-refractivity contribution in [1.82, 2.24) is 19.8 Å². The highest BCUT2D eigenvalue weighted by atomic mass is 79.9. The normalized spacial score (nSPS) is 15.2. The molecule has 4 rings (SSSR count). The summed E-state index contributed by atoms with van der Waals surface area (Å²) in [7, 11) is 0. The number of H-pyrrole nitrogens is 1. The van der Waals surface area contributed by atoms with Crippen LogP contribution in [0.4, 0.5) is 0 Å². The molecule has 1 saturated heterocycles. The second-order valence-corrected chi connectivity index (χ2v) is 7.55. The maximum Gasteiger partial charge on any atom is 0.270 e. The van der Waals surface area contributed by atoms with Crippen LogP contribution in [-0.2, 0) is 6.54 Å². The second kappa shape index (κ2) is 7.62. The number of pyridine rings is 2. The summed E-state index contributed by atoms with van der Waals surface area (Å²) in [5.41, 5.74) is 1.13. The van der Waals surface area contributed by atoms with Gasteiger partial charge in [-0.05, 0) is 45.6 Å². The first-order valence-corrected chi connectivity index (χ1v) is 9.63. The molecule has 6 nitrogen and oxygen atoms in total. The minimum atomic E-state index is -0.226. The number of carbonyl (C=O) groups is 1. The van der Waals surface area contributed by atoms with Crippen LogP contribution in [0, 0.1) is 0 Å². The number of amides is 1. The molecule has 3 heterocycles. The zero-order chi connectivity index (χ0) is 18.8. The Labute approximate surface area is 165 Å². The fraction of sp³-hybridized carbons (Fsp3) is 0.250. The molecule has 3 aromatic rings. The summed E-state index contributed by atoms with van der Waals surface area (Å²) in [6.07, 6.45) is 1.80. The van der Waals surface area contributed by atoms with E-state index in [4.69, 9.17) is 0 Å². The molecule has 0 spiro atoms. The van der Waals surface area contributed by atoms with Crippen molar-refractivity contribution >= 4 is 32.6 Å². The quantitative estimate of drug-likeness (QED) is 0.698. The number of fused-ring (bicyclic) bond motifs is 1. The summed E-state index contributed by atoms with van der Waals surface area (Å²) in [5.74, 6) is -0.126. The van der Waals surface area contributed by atoms with Gasteiger partial charge in [-0.1, -0.05) is 18.2 Å². The minimum absolute atomic E-state index is 0.126.